The molecule has 0 saturated heterocycles. The predicted molar refractivity (Wildman–Crippen MR) is 42.5 cm³/mol. The first kappa shape index (κ1) is 7.64. The summed E-state index contributed by atoms with van der Waals surface area (Å²) in [7, 11) is 2.18. The molecule has 0 aliphatic heterocycles. The SMILES string of the molecule is O=CC1=CC=C(COP)C1. The van der Waals surface area contributed by atoms with Crippen LogP contribution in [0, 0.1) is 0 Å². The highest BCUT2D eigenvalue weighted by molar-refractivity contribution is 7.09. The van der Waals surface area contributed by atoms with Crippen molar-refractivity contribution in [1.29, 1.82) is 0 Å². The summed E-state index contributed by atoms with van der Waals surface area (Å²) >= 11 is 0. The molecule has 0 aromatic heterocycles. The van der Waals surface area contributed by atoms with Gasteiger partial charge in [-0.05, 0) is 17.6 Å². The monoisotopic (exact) mass is 156 g/mol. The van der Waals surface area contributed by atoms with E-state index in [2.05, 4.69) is 9.47 Å². The van der Waals surface area contributed by atoms with Gasteiger partial charge in [0.25, 0.3) is 0 Å². The third-order valence-electron chi connectivity index (χ3n) is 1.38. The van der Waals surface area contributed by atoms with Gasteiger partial charge in [0.15, 0.2) is 0 Å². The maximum absolute atomic E-state index is 10.2. The van der Waals surface area contributed by atoms with E-state index >= 15 is 0 Å². The molecule has 0 bridgehead atoms. The van der Waals surface area contributed by atoms with E-state index in [1.54, 1.807) is 0 Å². The highest BCUT2D eigenvalue weighted by atomic mass is 31.0. The summed E-state index contributed by atoms with van der Waals surface area (Å²) in [6.45, 7) is 0.596. The lowest BCUT2D eigenvalue weighted by atomic mass is 10.2. The largest absolute Gasteiger partial charge is 0.361 e. The first-order valence-electron chi connectivity index (χ1n) is 3.02. The second kappa shape index (κ2) is 3.65. The number of allylic oxidation sites excluding steroid dienone is 3. The summed E-state index contributed by atoms with van der Waals surface area (Å²) in [6.07, 6.45) is 5.38. The molecule has 0 aromatic carbocycles. The summed E-state index contributed by atoms with van der Waals surface area (Å²) in [5, 5.41) is 0. The molecule has 0 heterocycles. The van der Waals surface area contributed by atoms with E-state index in [4.69, 9.17) is 4.52 Å². The number of rotatable bonds is 3. The summed E-state index contributed by atoms with van der Waals surface area (Å²) in [4.78, 5) is 10.2. The summed E-state index contributed by atoms with van der Waals surface area (Å²) in [5.41, 5.74) is 1.98. The van der Waals surface area contributed by atoms with Crippen molar-refractivity contribution in [2.45, 2.75) is 6.42 Å². The molecule has 0 N–H and O–H groups in total. The van der Waals surface area contributed by atoms with Crippen molar-refractivity contribution in [2.24, 2.45) is 0 Å². The van der Waals surface area contributed by atoms with Gasteiger partial charge in [-0.15, -0.1) is 0 Å². The first-order chi connectivity index (χ1) is 4.86. The molecular formula is C7H9O2P. The maximum Gasteiger partial charge on any atom is 0.146 e. The minimum Gasteiger partial charge on any atom is -0.361 e. The molecule has 3 heteroatoms. The smallest absolute Gasteiger partial charge is 0.146 e. The Hall–Kier alpha value is -0.460. The Kier molecular flexibility index (Phi) is 2.79. The number of aldehydes is 1. The quantitative estimate of drug-likeness (QED) is 0.454. The molecule has 54 valence electrons. The van der Waals surface area contributed by atoms with Gasteiger partial charge in [0.2, 0.25) is 0 Å². The number of hydrogen-bond donors (Lipinski definition) is 0. The Morgan fingerprint density at radius 1 is 1.70 bits per heavy atom. The van der Waals surface area contributed by atoms with Crippen LogP contribution >= 0.6 is 9.47 Å². The lowest BCUT2D eigenvalue weighted by Gasteiger charge is -1.97. The van der Waals surface area contributed by atoms with Gasteiger partial charge in [0, 0.05) is 9.47 Å². The molecule has 1 atom stereocenters. The Balaban J connectivity index is 2.40. The average Bonchev–Trinajstić information content (AvgIpc) is 2.37. The van der Waals surface area contributed by atoms with Crippen LogP contribution in [0.2, 0.25) is 0 Å². The van der Waals surface area contributed by atoms with Crippen molar-refractivity contribution in [3.63, 3.8) is 0 Å². The zero-order valence-corrected chi connectivity index (χ0v) is 6.69. The van der Waals surface area contributed by atoms with E-state index in [-0.39, 0.29) is 0 Å². The fraction of sp³-hybridized carbons (Fsp3) is 0.286. The van der Waals surface area contributed by atoms with E-state index in [1.807, 2.05) is 12.2 Å². The molecule has 1 rings (SSSR count). The van der Waals surface area contributed by atoms with Crippen LogP contribution in [-0.2, 0) is 9.32 Å². The number of hydrogen-bond acceptors (Lipinski definition) is 2. The summed E-state index contributed by atoms with van der Waals surface area (Å²) in [6, 6.07) is 0. The van der Waals surface area contributed by atoms with E-state index in [0.29, 0.717) is 6.61 Å². The Bertz CT molecular complexity index is 194. The van der Waals surface area contributed by atoms with Gasteiger partial charge < -0.3 is 4.52 Å². The lowest BCUT2D eigenvalue weighted by Crippen LogP contribution is -1.89. The van der Waals surface area contributed by atoms with Gasteiger partial charge in [-0.2, -0.15) is 0 Å². The van der Waals surface area contributed by atoms with Gasteiger partial charge in [-0.25, -0.2) is 0 Å². The van der Waals surface area contributed by atoms with Gasteiger partial charge in [-0.1, -0.05) is 12.2 Å². The maximum atomic E-state index is 10.2. The van der Waals surface area contributed by atoms with Crippen LogP contribution in [0.4, 0.5) is 0 Å². The standard InChI is InChI=1S/C7H9O2P/c8-4-6-1-2-7(3-6)5-9-10/h1-2,4H,3,5,10H2. The molecule has 0 fully saturated rings. The lowest BCUT2D eigenvalue weighted by molar-refractivity contribution is -0.104. The van der Waals surface area contributed by atoms with Crippen LogP contribution in [0.5, 0.6) is 0 Å². The Morgan fingerprint density at radius 3 is 3.00 bits per heavy atom. The summed E-state index contributed by atoms with van der Waals surface area (Å²) < 4.78 is 4.82. The van der Waals surface area contributed by atoms with Crippen molar-refractivity contribution >= 4 is 15.8 Å². The molecule has 1 unspecified atom stereocenters. The van der Waals surface area contributed by atoms with Crippen molar-refractivity contribution in [3.05, 3.63) is 23.3 Å². The van der Waals surface area contributed by atoms with Gasteiger partial charge in [0.05, 0.1) is 6.61 Å². The van der Waals surface area contributed by atoms with Crippen LogP contribution in [-0.4, -0.2) is 12.9 Å². The molecule has 0 spiro atoms. The topological polar surface area (TPSA) is 26.3 Å². The molecule has 2 nitrogen and oxygen atoms in total. The third-order valence-corrected chi connectivity index (χ3v) is 1.55. The molecule has 1 aliphatic carbocycles. The van der Waals surface area contributed by atoms with Gasteiger partial charge in [0.1, 0.15) is 6.29 Å². The molecule has 0 radical (unpaired) electrons. The predicted octanol–water partition coefficient (Wildman–Crippen LogP) is 1.25. The second-order valence-corrected chi connectivity index (χ2v) is 2.51. The van der Waals surface area contributed by atoms with E-state index in [9.17, 15) is 4.79 Å². The summed E-state index contributed by atoms with van der Waals surface area (Å²) in [5.74, 6) is 0. The first-order valence-corrected chi connectivity index (χ1v) is 3.49. The average molecular weight is 156 g/mol. The van der Waals surface area contributed by atoms with Crippen molar-refractivity contribution < 1.29 is 9.32 Å². The molecule has 0 saturated carbocycles. The number of carbonyl (C=O) groups is 1. The van der Waals surface area contributed by atoms with Crippen LogP contribution in [0.1, 0.15) is 6.42 Å². The van der Waals surface area contributed by atoms with Gasteiger partial charge >= 0.3 is 0 Å². The molecular weight excluding hydrogens is 147 g/mol. The zero-order chi connectivity index (χ0) is 7.40. The second-order valence-electron chi connectivity index (χ2n) is 2.17. The van der Waals surface area contributed by atoms with Crippen molar-refractivity contribution in [3.8, 4) is 0 Å². The van der Waals surface area contributed by atoms with E-state index < -0.39 is 0 Å². The Morgan fingerprint density at radius 2 is 2.50 bits per heavy atom. The van der Waals surface area contributed by atoms with Crippen LogP contribution in [0.3, 0.4) is 0 Å². The fourth-order valence-corrected chi connectivity index (χ4v) is 1.11. The van der Waals surface area contributed by atoms with Gasteiger partial charge in [-0.3, -0.25) is 4.79 Å². The zero-order valence-electron chi connectivity index (χ0n) is 5.54. The normalized spacial score (nSPS) is 16.5. The van der Waals surface area contributed by atoms with Crippen molar-refractivity contribution in [1.82, 2.24) is 0 Å². The van der Waals surface area contributed by atoms with Crippen LogP contribution in [0.25, 0.3) is 0 Å². The fourth-order valence-electron chi connectivity index (χ4n) is 0.892. The third kappa shape index (κ3) is 1.76. The molecule has 0 amide bonds. The van der Waals surface area contributed by atoms with Crippen LogP contribution in [0.15, 0.2) is 23.3 Å². The Labute approximate surface area is 62.2 Å². The number of carbonyl (C=O) groups excluding carboxylic acids is 1. The highest BCUT2D eigenvalue weighted by Gasteiger charge is 2.05. The molecule has 0 aromatic rings. The molecule has 10 heavy (non-hydrogen) atoms. The van der Waals surface area contributed by atoms with Crippen molar-refractivity contribution in [2.75, 3.05) is 6.61 Å². The van der Waals surface area contributed by atoms with E-state index in [0.717, 1.165) is 23.9 Å². The minimum absolute atomic E-state index is 0.596. The molecule has 1 aliphatic rings. The minimum atomic E-state index is 0.596. The van der Waals surface area contributed by atoms with Crippen LogP contribution < -0.4 is 0 Å². The highest BCUT2D eigenvalue weighted by Crippen LogP contribution is 2.17. The van der Waals surface area contributed by atoms with E-state index in [1.165, 1.54) is 0 Å².